The van der Waals surface area contributed by atoms with E-state index in [-0.39, 0.29) is 28.4 Å². The Hall–Kier alpha value is -1.79. The summed E-state index contributed by atoms with van der Waals surface area (Å²) >= 11 is 5.95. The van der Waals surface area contributed by atoms with Crippen LogP contribution in [-0.4, -0.2) is 36.4 Å². The molecule has 3 N–H and O–H groups in total. The van der Waals surface area contributed by atoms with Crippen molar-refractivity contribution < 1.29 is 19.4 Å². The summed E-state index contributed by atoms with van der Waals surface area (Å²) in [6.07, 6.45) is 2.72. The number of aromatic carboxylic acids is 1. The number of urea groups is 1. The van der Waals surface area contributed by atoms with Gasteiger partial charge >= 0.3 is 12.0 Å². The van der Waals surface area contributed by atoms with Gasteiger partial charge in [-0.1, -0.05) is 11.6 Å². The topological polar surface area (TPSA) is 87.7 Å². The predicted octanol–water partition coefficient (Wildman–Crippen LogP) is 2.73. The molecule has 6 nitrogen and oxygen atoms in total. The number of hydrogen-bond acceptors (Lipinski definition) is 3. The summed E-state index contributed by atoms with van der Waals surface area (Å²) in [6, 6.07) is 3.81. The Morgan fingerprint density at radius 2 is 2.14 bits per heavy atom. The molecule has 0 aliphatic heterocycles. The number of rotatable bonds is 4. The average molecular weight is 313 g/mol. The van der Waals surface area contributed by atoms with Crippen LogP contribution in [0.15, 0.2) is 18.2 Å². The van der Waals surface area contributed by atoms with Crippen LogP contribution < -0.4 is 10.6 Å². The third-order valence-corrected chi connectivity index (χ3v) is 3.84. The van der Waals surface area contributed by atoms with E-state index < -0.39 is 12.0 Å². The Bertz CT molecular complexity index is 550. The molecule has 2 rings (SSSR count). The zero-order chi connectivity index (χ0) is 15.4. The fourth-order valence-electron chi connectivity index (χ4n) is 2.38. The summed E-state index contributed by atoms with van der Waals surface area (Å²) in [5, 5.41) is 14.6. The Kier molecular flexibility index (Phi) is 5.03. The molecule has 0 spiro atoms. The average Bonchev–Trinajstić information content (AvgIpc) is 2.88. The van der Waals surface area contributed by atoms with Crippen molar-refractivity contribution >= 4 is 29.3 Å². The van der Waals surface area contributed by atoms with Gasteiger partial charge in [-0.05, 0) is 37.5 Å². The summed E-state index contributed by atoms with van der Waals surface area (Å²) in [5.74, 6) is -1.08. The lowest BCUT2D eigenvalue weighted by Gasteiger charge is -2.14. The molecular weight excluding hydrogens is 296 g/mol. The highest BCUT2D eigenvalue weighted by Crippen LogP contribution is 2.24. The van der Waals surface area contributed by atoms with E-state index in [1.165, 1.54) is 18.2 Å². The maximum absolute atomic E-state index is 11.9. The number of methoxy groups -OCH3 is 1. The molecule has 1 aliphatic carbocycles. The normalized spacial score (nSPS) is 21.0. The summed E-state index contributed by atoms with van der Waals surface area (Å²) < 4.78 is 5.24. The predicted molar refractivity (Wildman–Crippen MR) is 79.0 cm³/mol. The van der Waals surface area contributed by atoms with Crippen LogP contribution in [0.4, 0.5) is 10.5 Å². The summed E-state index contributed by atoms with van der Waals surface area (Å²) in [5.41, 5.74) is 0.338. The Morgan fingerprint density at radius 3 is 2.76 bits per heavy atom. The van der Waals surface area contributed by atoms with Crippen molar-refractivity contribution in [3.05, 3.63) is 28.8 Å². The zero-order valence-corrected chi connectivity index (χ0v) is 12.3. The first-order valence-electron chi connectivity index (χ1n) is 6.62. The number of carbonyl (C=O) groups excluding carboxylic acids is 1. The number of halogens is 1. The van der Waals surface area contributed by atoms with Gasteiger partial charge in [-0.25, -0.2) is 9.59 Å². The van der Waals surface area contributed by atoms with Crippen LogP contribution in [0.1, 0.15) is 29.6 Å². The minimum Gasteiger partial charge on any atom is -0.478 e. The monoisotopic (exact) mass is 312 g/mol. The lowest BCUT2D eigenvalue weighted by molar-refractivity contribution is 0.0697. The fraction of sp³-hybridized carbons (Fsp3) is 0.429. The number of anilines is 1. The first kappa shape index (κ1) is 15.6. The third-order valence-electron chi connectivity index (χ3n) is 3.51. The lowest BCUT2D eigenvalue weighted by Crippen LogP contribution is -2.36. The number of benzene rings is 1. The highest BCUT2D eigenvalue weighted by atomic mass is 35.5. The second kappa shape index (κ2) is 6.78. The van der Waals surface area contributed by atoms with E-state index in [1.807, 2.05) is 0 Å². The minimum absolute atomic E-state index is 0.0522. The van der Waals surface area contributed by atoms with E-state index in [1.54, 1.807) is 7.11 Å². The first-order chi connectivity index (χ1) is 9.99. The highest BCUT2D eigenvalue weighted by Gasteiger charge is 2.25. The van der Waals surface area contributed by atoms with Crippen molar-refractivity contribution in [3.8, 4) is 0 Å². The summed E-state index contributed by atoms with van der Waals surface area (Å²) in [6.45, 7) is 0. The van der Waals surface area contributed by atoms with E-state index in [0.717, 1.165) is 19.3 Å². The van der Waals surface area contributed by atoms with Crippen molar-refractivity contribution in [2.45, 2.75) is 31.4 Å². The molecule has 7 heteroatoms. The summed E-state index contributed by atoms with van der Waals surface area (Å²) in [7, 11) is 1.66. The van der Waals surface area contributed by atoms with Gasteiger partial charge in [0.2, 0.25) is 0 Å². The van der Waals surface area contributed by atoms with Gasteiger partial charge in [0, 0.05) is 13.2 Å². The van der Waals surface area contributed by atoms with Crippen LogP contribution in [0.5, 0.6) is 0 Å². The SMILES string of the molecule is COC1CCC(NC(=O)Nc2cc(C(=O)O)ccc2Cl)C1. The van der Waals surface area contributed by atoms with E-state index in [2.05, 4.69) is 10.6 Å². The van der Waals surface area contributed by atoms with E-state index >= 15 is 0 Å². The molecule has 1 aromatic rings. The van der Waals surface area contributed by atoms with Crippen molar-refractivity contribution in [2.75, 3.05) is 12.4 Å². The number of hydrogen-bond donors (Lipinski definition) is 3. The van der Waals surface area contributed by atoms with Crippen LogP contribution in [0.25, 0.3) is 0 Å². The Labute approximate surface area is 127 Å². The van der Waals surface area contributed by atoms with Crippen LogP contribution in [-0.2, 0) is 4.74 Å². The number of ether oxygens (including phenoxy) is 1. The maximum atomic E-state index is 11.9. The number of amides is 2. The molecule has 2 unspecified atom stereocenters. The Morgan fingerprint density at radius 1 is 1.38 bits per heavy atom. The molecule has 1 saturated carbocycles. The molecule has 0 heterocycles. The molecule has 21 heavy (non-hydrogen) atoms. The molecule has 0 radical (unpaired) electrons. The van der Waals surface area contributed by atoms with Gasteiger partial charge in [0.1, 0.15) is 0 Å². The van der Waals surface area contributed by atoms with Crippen LogP contribution >= 0.6 is 11.6 Å². The van der Waals surface area contributed by atoms with Crippen LogP contribution in [0, 0.1) is 0 Å². The molecule has 0 bridgehead atoms. The molecule has 0 aromatic heterocycles. The quantitative estimate of drug-likeness (QED) is 0.797. The fourth-order valence-corrected chi connectivity index (χ4v) is 2.55. The second-order valence-electron chi connectivity index (χ2n) is 4.97. The number of carboxylic acid groups (broad SMARTS) is 1. The summed E-state index contributed by atoms with van der Waals surface area (Å²) in [4.78, 5) is 22.8. The molecule has 1 aromatic carbocycles. The van der Waals surface area contributed by atoms with Crippen LogP contribution in [0.3, 0.4) is 0 Å². The van der Waals surface area contributed by atoms with E-state index in [0.29, 0.717) is 0 Å². The van der Waals surface area contributed by atoms with E-state index in [4.69, 9.17) is 21.4 Å². The molecule has 1 aliphatic rings. The van der Waals surface area contributed by atoms with Gasteiger partial charge < -0.3 is 20.5 Å². The molecule has 114 valence electrons. The molecular formula is C14H17ClN2O4. The lowest BCUT2D eigenvalue weighted by atomic mass is 10.2. The Balaban J connectivity index is 1.96. The van der Waals surface area contributed by atoms with Gasteiger partial charge in [0.15, 0.2) is 0 Å². The molecule has 2 amide bonds. The van der Waals surface area contributed by atoms with Crippen molar-refractivity contribution in [1.82, 2.24) is 5.32 Å². The molecule has 1 fully saturated rings. The van der Waals surface area contributed by atoms with Crippen LogP contribution in [0.2, 0.25) is 5.02 Å². The molecule has 2 atom stereocenters. The standard InChI is InChI=1S/C14H17ClN2O4/c1-21-10-4-3-9(7-10)16-14(20)17-12-6-8(13(18)19)2-5-11(12)15/h2,5-6,9-10H,3-4,7H2,1H3,(H,18,19)(H2,16,17,20). The highest BCUT2D eigenvalue weighted by molar-refractivity contribution is 6.33. The van der Waals surface area contributed by atoms with Crippen molar-refractivity contribution in [3.63, 3.8) is 0 Å². The van der Waals surface area contributed by atoms with Gasteiger partial charge in [0.25, 0.3) is 0 Å². The van der Waals surface area contributed by atoms with Gasteiger partial charge in [-0.3, -0.25) is 0 Å². The minimum atomic E-state index is -1.08. The maximum Gasteiger partial charge on any atom is 0.335 e. The van der Waals surface area contributed by atoms with E-state index in [9.17, 15) is 9.59 Å². The number of carboxylic acids is 1. The third kappa shape index (κ3) is 4.09. The molecule has 0 saturated heterocycles. The first-order valence-corrected chi connectivity index (χ1v) is 7.00. The zero-order valence-electron chi connectivity index (χ0n) is 11.6. The van der Waals surface area contributed by atoms with Crippen molar-refractivity contribution in [1.29, 1.82) is 0 Å². The number of carbonyl (C=O) groups is 2. The van der Waals surface area contributed by atoms with Crippen molar-refractivity contribution in [2.24, 2.45) is 0 Å². The van der Waals surface area contributed by atoms with Gasteiger partial charge in [-0.2, -0.15) is 0 Å². The largest absolute Gasteiger partial charge is 0.478 e. The number of nitrogens with one attached hydrogen (secondary N) is 2. The smallest absolute Gasteiger partial charge is 0.335 e. The van der Waals surface area contributed by atoms with Gasteiger partial charge in [-0.15, -0.1) is 0 Å². The second-order valence-corrected chi connectivity index (χ2v) is 5.37. The van der Waals surface area contributed by atoms with Gasteiger partial charge in [0.05, 0.1) is 22.4 Å².